The molecule has 1 aromatic heterocycles. The van der Waals surface area contributed by atoms with E-state index in [2.05, 4.69) is 16.8 Å². The Balaban J connectivity index is 1.87. The lowest BCUT2D eigenvalue weighted by atomic mass is 10.1. The highest BCUT2D eigenvalue weighted by Crippen LogP contribution is 2.05. The molecular formula is C10H16NOS+. The van der Waals surface area contributed by atoms with Crippen LogP contribution in [0.5, 0.6) is 0 Å². The maximum atomic E-state index is 9.49. The number of hydrogen-bond acceptors (Lipinski definition) is 2. The Bertz CT molecular complexity index is 247. The molecule has 2 nitrogen and oxygen atoms in total. The van der Waals surface area contributed by atoms with Crippen molar-refractivity contribution in [3.63, 3.8) is 0 Å². The van der Waals surface area contributed by atoms with Gasteiger partial charge in [0.25, 0.3) is 0 Å². The van der Waals surface area contributed by atoms with Crippen molar-refractivity contribution >= 4 is 11.3 Å². The summed E-state index contributed by atoms with van der Waals surface area (Å²) < 4.78 is 0. The van der Waals surface area contributed by atoms with Crippen molar-refractivity contribution in [1.29, 1.82) is 0 Å². The SMILES string of the molecule is O[C@@H]1CCC[NH+](Cc2ccsc2)C1. The number of nitrogens with one attached hydrogen (secondary N) is 1. The Morgan fingerprint density at radius 1 is 1.62 bits per heavy atom. The zero-order valence-corrected chi connectivity index (χ0v) is 8.52. The molecule has 1 fully saturated rings. The molecule has 1 saturated heterocycles. The van der Waals surface area contributed by atoms with Crippen molar-refractivity contribution < 1.29 is 10.0 Å². The van der Waals surface area contributed by atoms with Gasteiger partial charge < -0.3 is 10.0 Å². The Labute approximate surface area is 82.8 Å². The number of aliphatic hydroxyl groups excluding tert-OH is 1. The van der Waals surface area contributed by atoms with E-state index in [1.807, 2.05) is 0 Å². The molecule has 0 aromatic carbocycles. The number of quaternary nitrogens is 1. The van der Waals surface area contributed by atoms with Crippen LogP contribution in [0, 0.1) is 0 Å². The predicted molar refractivity (Wildman–Crippen MR) is 54.0 cm³/mol. The average Bonchev–Trinajstić information content (AvgIpc) is 2.57. The molecule has 2 N–H and O–H groups in total. The summed E-state index contributed by atoms with van der Waals surface area (Å²) in [5.74, 6) is 0. The van der Waals surface area contributed by atoms with Crippen molar-refractivity contribution in [3.05, 3.63) is 22.4 Å². The van der Waals surface area contributed by atoms with Gasteiger partial charge in [-0.3, -0.25) is 0 Å². The summed E-state index contributed by atoms with van der Waals surface area (Å²) in [5.41, 5.74) is 1.41. The van der Waals surface area contributed by atoms with Crippen LogP contribution in [0.4, 0.5) is 0 Å². The van der Waals surface area contributed by atoms with Crippen LogP contribution in [0.1, 0.15) is 18.4 Å². The van der Waals surface area contributed by atoms with E-state index in [1.54, 1.807) is 11.3 Å². The second-order valence-electron chi connectivity index (χ2n) is 3.81. The van der Waals surface area contributed by atoms with Crippen LogP contribution in [-0.4, -0.2) is 24.3 Å². The molecular weight excluding hydrogens is 182 g/mol. The summed E-state index contributed by atoms with van der Waals surface area (Å²) in [5, 5.41) is 13.8. The maximum absolute atomic E-state index is 9.49. The first-order chi connectivity index (χ1) is 6.34. The molecule has 1 unspecified atom stereocenters. The van der Waals surface area contributed by atoms with E-state index in [0.29, 0.717) is 0 Å². The molecule has 1 aliphatic heterocycles. The fourth-order valence-electron chi connectivity index (χ4n) is 1.97. The molecule has 3 heteroatoms. The second-order valence-corrected chi connectivity index (χ2v) is 4.59. The third-order valence-electron chi connectivity index (χ3n) is 2.63. The van der Waals surface area contributed by atoms with Crippen molar-refractivity contribution in [2.75, 3.05) is 13.1 Å². The summed E-state index contributed by atoms with van der Waals surface area (Å²) in [6, 6.07) is 2.18. The quantitative estimate of drug-likeness (QED) is 0.701. The van der Waals surface area contributed by atoms with E-state index in [9.17, 15) is 5.11 Å². The molecule has 0 saturated carbocycles. The molecule has 13 heavy (non-hydrogen) atoms. The fraction of sp³-hybridized carbons (Fsp3) is 0.600. The topological polar surface area (TPSA) is 24.7 Å². The van der Waals surface area contributed by atoms with Crippen LogP contribution in [0.15, 0.2) is 16.8 Å². The molecule has 1 aromatic rings. The highest BCUT2D eigenvalue weighted by Gasteiger charge is 2.20. The third kappa shape index (κ3) is 2.53. The lowest BCUT2D eigenvalue weighted by Gasteiger charge is -2.26. The molecule has 1 aliphatic rings. The number of aliphatic hydroxyl groups is 1. The lowest BCUT2D eigenvalue weighted by molar-refractivity contribution is -0.921. The highest BCUT2D eigenvalue weighted by molar-refractivity contribution is 7.07. The van der Waals surface area contributed by atoms with Crippen LogP contribution >= 0.6 is 11.3 Å². The Hall–Kier alpha value is -0.380. The summed E-state index contributed by atoms with van der Waals surface area (Å²) in [4.78, 5) is 1.53. The molecule has 72 valence electrons. The summed E-state index contributed by atoms with van der Waals surface area (Å²) in [6.45, 7) is 3.23. The van der Waals surface area contributed by atoms with Crippen LogP contribution < -0.4 is 4.90 Å². The molecule has 0 radical (unpaired) electrons. The zero-order chi connectivity index (χ0) is 9.10. The number of hydrogen-bond donors (Lipinski definition) is 2. The minimum Gasteiger partial charge on any atom is -0.387 e. The summed E-state index contributed by atoms with van der Waals surface area (Å²) in [7, 11) is 0. The highest BCUT2D eigenvalue weighted by atomic mass is 32.1. The number of rotatable bonds is 2. The van der Waals surface area contributed by atoms with Gasteiger partial charge >= 0.3 is 0 Å². The van der Waals surface area contributed by atoms with Crippen molar-refractivity contribution in [2.45, 2.75) is 25.5 Å². The lowest BCUT2D eigenvalue weighted by Crippen LogP contribution is -3.12. The van der Waals surface area contributed by atoms with Gasteiger partial charge in [0.1, 0.15) is 19.2 Å². The van der Waals surface area contributed by atoms with E-state index in [-0.39, 0.29) is 6.10 Å². The number of piperidine rings is 1. The minimum atomic E-state index is -0.0672. The van der Waals surface area contributed by atoms with Crippen molar-refractivity contribution in [1.82, 2.24) is 0 Å². The maximum Gasteiger partial charge on any atom is 0.104 e. The normalized spacial score (nSPS) is 29.0. The molecule has 2 atom stereocenters. The molecule has 0 spiro atoms. The minimum absolute atomic E-state index is 0.0672. The Morgan fingerprint density at radius 3 is 3.23 bits per heavy atom. The smallest absolute Gasteiger partial charge is 0.104 e. The van der Waals surface area contributed by atoms with Crippen LogP contribution in [0.3, 0.4) is 0 Å². The van der Waals surface area contributed by atoms with E-state index in [4.69, 9.17) is 0 Å². The standard InChI is InChI=1S/C10H15NOS/c12-10-2-1-4-11(7-10)6-9-3-5-13-8-9/h3,5,8,10,12H,1-2,4,6-7H2/p+1/t10-/m1/s1. The Kier molecular flexibility index (Phi) is 2.98. The summed E-state index contributed by atoms with van der Waals surface area (Å²) >= 11 is 1.75. The van der Waals surface area contributed by atoms with Gasteiger partial charge in [-0.05, 0) is 29.7 Å². The van der Waals surface area contributed by atoms with Gasteiger partial charge in [0.15, 0.2) is 0 Å². The average molecular weight is 198 g/mol. The number of thiophene rings is 1. The van der Waals surface area contributed by atoms with Crippen molar-refractivity contribution in [3.8, 4) is 0 Å². The fourth-order valence-corrected chi connectivity index (χ4v) is 2.64. The molecule has 2 heterocycles. The molecule has 2 rings (SSSR count). The van der Waals surface area contributed by atoms with Crippen molar-refractivity contribution in [2.24, 2.45) is 0 Å². The first-order valence-electron chi connectivity index (χ1n) is 4.87. The van der Waals surface area contributed by atoms with Gasteiger partial charge in [-0.15, -0.1) is 0 Å². The predicted octanol–water partition coefficient (Wildman–Crippen LogP) is 0.288. The molecule has 0 aliphatic carbocycles. The first kappa shape index (κ1) is 9.19. The Morgan fingerprint density at radius 2 is 2.54 bits per heavy atom. The van der Waals surface area contributed by atoms with Crippen LogP contribution in [0.2, 0.25) is 0 Å². The number of likely N-dealkylation sites (tertiary alicyclic amines) is 1. The van der Waals surface area contributed by atoms with Crippen LogP contribution in [0.25, 0.3) is 0 Å². The van der Waals surface area contributed by atoms with Gasteiger partial charge in [-0.1, -0.05) is 0 Å². The van der Waals surface area contributed by atoms with Gasteiger partial charge in [0.05, 0.1) is 6.54 Å². The largest absolute Gasteiger partial charge is 0.387 e. The second kappa shape index (κ2) is 4.22. The van der Waals surface area contributed by atoms with Gasteiger partial charge in [0.2, 0.25) is 0 Å². The van der Waals surface area contributed by atoms with E-state index < -0.39 is 0 Å². The molecule has 0 bridgehead atoms. The van der Waals surface area contributed by atoms with E-state index in [1.165, 1.54) is 23.4 Å². The first-order valence-corrected chi connectivity index (χ1v) is 5.81. The van der Waals surface area contributed by atoms with E-state index >= 15 is 0 Å². The van der Waals surface area contributed by atoms with Gasteiger partial charge in [0, 0.05) is 5.56 Å². The summed E-state index contributed by atoms with van der Waals surface area (Å²) in [6.07, 6.45) is 2.09. The van der Waals surface area contributed by atoms with Crippen LogP contribution in [-0.2, 0) is 6.54 Å². The molecule has 0 amide bonds. The van der Waals surface area contributed by atoms with E-state index in [0.717, 1.165) is 19.5 Å². The van der Waals surface area contributed by atoms with Gasteiger partial charge in [-0.25, -0.2) is 0 Å². The zero-order valence-electron chi connectivity index (χ0n) is 7.70. The monoisotopic (exact) mass is 198 g/mol. The third-order valence-corrected chi connectivity index (χ3v) is 3.36. The van der Waals surface area contributed by atoms with Gasteiger partial charge in [-0.2, -0.15) is 11.3 Å².